The van der Waals surface area contributed by atoms with Crippen molar-refractivity contribution < 1.29 is 18.7 Å². The van der Waals surface area contributed by atoms with Crippen LogP contribution in [-0.2, 0) is 16.1 Å². The number of carbonyl (C=O) groups excluding carboxylic acids is 2. The quantitative estimate of drug-likeness (QED) is 0.628. The minimum atomic E-state index is -0.622. The Bertz CT molecular complexity index is 910. The van der Waals surface area contributed by atoms with Gasteiger partial charge in [-0.3, -0.25) is 9.69 Å². The van der Waals surface area contributed by atoms with E-state index < -0.39 is 18.1 Å². The Morgan fingerprint density at radius 2 is 1.85 bits per heavy atom. The third kappa shape index (κ3) is 2.85. The highest BCUT2D eigenvalue weighted by atomic mass is 19.1. The van der Waals surface area contributed by atoms with Crippen molar-refractivity contribution in [3.63, 3.8) is 0 Å². The van der Waals surface area contributed by atoms with Gasteiger partial charge in [-0.15, -0.1) is 0 Å². The van der Waals surface area contributed by atoms with Crippen LogP contribution in [0.1, 0.15) is 11.1 Å². The third-order valence-corrected chi connectivity index (χ3v) is 4.63. The summed E-state index contributed by atoms with van der Waals surface area (Å²) in [5.74, 6) is -1.50. The van der Waals surface area contributed by atoms with Crippen molar-refractivity contribution in [3.05, 3.63) is 65.5 Å². The fourth-order valence-corrected chi connectivity index (χ4v) is 3.35. The van der Waals surface area contributed by atoms with Gasteiger partial charge in [-0.25, -0.2) is 9.18 Å². The zero-order valence-corrected chi connectivity index (χ0v) is 14.3. The van der Waals surface area contributed by atoms with E-state index in [0.717, 1.165) is 16.8 Å². The summed E-state index contributed by atoms with van der Waals surface area (Å²) in [6.07, 6.45) is -0.588. The molecule has 2 amide bonds. The number of amides is 2. The number of fused-ring (bicyclic) bond motifs is 1. The maximum Gasteiger partial charge on any atom is 0.502 e. The molecule has 1 fully saturated rings. The highest BCUT2D eigenvalue weighted by Crippen LogP contribution is 2.27. The van der Waals surface area contributed by atoms with Crippen LogP contribution in [0.25, 0.3) is 0 Å². The fourth-order valence-electron chi connectivity index (χ4n) is 3.35. The van der Waals surface area contributed by atoms with E-state index in [-0.39, 0.29) is 12.4 Å². The minimum absolute atomic E-state index is 0.244. The zero-order valence-electron chi connectivity index (χ0n) is 14.3. The molecule has 2 aliphatic heterocycles. The van der Waals surface area contributed by atoms with Crippen LogP contribution in [0.5, 0.6) is 0 Å². The molecule has 7 heteroatoms. The second-order valence-corrected chi connectivity index (χ2v) is 6.48. The van der Waals surface area contributed by atoms with E-state index in [4.69, 9.17) is 0 Å². The maximum atomic E-state index is 13.2. The smallest absolute Gasteiger partial charge is 0.326 e. The maximum absolute atomic E-state index is 13.2. The van der Waals surface area contributed by atoms with E-state index in [1.165, 1.54) is 21.7 Å². The van der Waals surface area contributed by atoms with Crippen LogP contribution >= 0.6 is 0 Å². The summed E-state index contributed by atoms with van der Waals surface area (Å²) in [6, 6.07) is 13.8. The molecule has 132 valence electrons. The van der Waals surface area contributed by atoms with Crippen molar-refractivity contribution in [1.82, 2.24) is 4.90 Å². The first-order valence-electron chi connectivity index (χ1n) is 8.44. The number of anilines is 1. The molecule has 0 N–H and O–H groups in total. The number of rotatable bonds is 3. The topological polar surface area (TPSA) is 56.0 Å². The fraction of sp³-hybridized carbons (Fsp3) is 0.263. The average Bonchev–Trinajstić information content (AvgIpc) is 3.04. The predicted molar refractivity (Wildman–Crippen MR) is 91.8 cm³/mol. The molecule has 6 nitrogen and oxygen atoms in total. The van der Waals surface area contributed by atoms with Gasteiger partial charge < -0.3 is 4.90 Å². The summed E-state index contributed by atoms with van der Waals surface area (Å²) >= 11 is 0. The average molecular weight is 353 g/mol. The molecule has 0 bridgehead atoms. The number of hydrogen-bond acceptors (Lipinski definition) is 4. The lowest BCUT2D eigenvalue weighted by Crippen LogP contribution is -2.51. The molecule has 2 aliphatic rings. The first-order valence-corrected chi connectivity index (χ1v) is 8.44. The first-order chi connectivity index (χ1) is 12.5. The Hall–Kier alpha value is -3.09. The Kier molecular flexibility index (Phi) is 3.99. The summed E-state index contributed by atoms with van der Waals surface area (Å²) in [4.78, 5) is 28.3. The van der Waals surface area contributed by atoms with Crippen molar-refractivity contribution in [2.75, 3.05) is 18.0 Å². The van der Waals surface area contributed by atoms with Crippen molar-refractivity contribution in [3.8, 4) is 0 Å². The first kappa shape index (κ1) is 16.4. The molecule has 2 aromatic carbocycles. The molecule has 0 aliphatic carbocycles. The van der Waals surface area contributed by atoms with Crippen LogP contribution in [0.2, 0.25) is 0 Å². The Balaban J connectivity index is 1.66. The number of hydrogen-bond donors (Lipinski definition) is 0. The number of halogens is 1. The van der Waals surface area contributed by atoms with Crippen molar-refractivity contribution in [2.45, 2.75) is 19.8 Å². The van der Waals surface area contributed by atoms with E-state index >= 15 is 0 Å². The van der Waals surface area contributed by atoms with Crippen LogP contribution in [0.4, 0.5) is 10.1 Å². The van der Waals surface area contributed by atoms with Crippen LogP contribution in [0, 0.1) is 12.7 Å². The molecule has 0 aromatic heterocycles. The molecule has 2 aromatic rings. The Labute approximate surface area is 150 Å². The summed E-state index contributed by atoms with van der Waals surface area (Å²) in [5, 5.41) is 4.50. The van der Waals surface area contributed by atoms with E-state index in [1.54, 1.807) is 12.1 Å². The lowest BCUT2D eigenvalue weighted by atomic mass is 10.1. The molecule has 0 saturated carbocycles. The van der Waals surface area contributed by atoms with Crippen molar-refractivity contribution >= 4 is 17.5 Å². The normalized spacial score (nSPS) is 19.6. The summed E-state index contributed by atoms with van der Waals surface area (Å²) in [7, 11) is 0. The van der Waals surface area contributed by atoms with Crippen LogP contribution < -0.4 is 4.90 Å². The molecule has 2 heterocycles. The van der Waals surface area contributed by atoms with Gasteiger partial charge in [0.25, 0.3) is 6.29 Å². The standard InChI is InChI=1S/C19H18FN4O2/c1-13-3-2-4-14(11-13)12-24-18(26)17(25)23-10-9-22(19(23)21-24)16-7-5-15(20)6-8-16/h2-8,11,19H,9-10,12H2,1H3/q+1. The molecule has 4 rings (SSSR count). The number of benzene rings is 2. The van der Waals surface area contributed by atoms with E-state index in [2.05, 4.69) is 5.11 Å². The van der Waals surface area contributed by atoms with Gasteiger partial charge in [0.05, 0.1) is 0 Å². The second kappa shape index (κ2) is 6.33. The Morgan fingerprint density at radius 3 is 2.58 bits per heavy atom. The van der Waals surface area contributed by atoms with Crippen molar-refractivity contribution in [1.29, 1.82) is 0 Å². The molecular weight excluding hydrogens is 335 g/mol. The van der Waals surface area contributed by atoms with Crippen molar-refractivity contribution in [2.24, 2.45) is 5.11 Å². The highest BCUT2D eigenvalue weighted by molar-refractivity contribution is 6.31. The van der Waals surface area contributed by atoms with Gasteiger partial charge in [0.1, 0.15) is 5.82 Å². The van der Waals surface area contributed by atoms with Crippen LogP contribution in [0.3, 0.4) is 0 Å². The molecule has 1 unspecified atom stereocenters. The molecule has 0 radical (unpaired) electrons. The SMILES string of the molecule is Cc1cccc(C[N+]2=NC3N(CCN3c3ccc(F)cc3)C(=O)C2=O)c1. The van der Waals surface area contributed by atoms with Crippen LogP contribution in [0.15, 0.2) is 53.6 Å². The molecular formula is C19H18FN4O2+. The van der Waals surface area contributed by atoms with E-state index in [0.29, 0.717) is 13.1 Å². The van der Waals surface area contributed by atoms with Gasteiger partial charge in [0, 0.05) is 29.5 Å². The van der Waals surface area contributed by atoms with E-state index in [1.807, 2.05) is 36.1 Å². The number of nitrogens with zero attached hydrogens (tertiary/aromatic N) is 4. The third-order valence-electron chi connectivity index (χ3n) is 4.63. The molecule has 0 spiro atoms. The lowest BCUT2D eigenvalue weighted by molar-refractivity contribution is -0.534. The number of azo groups is 2. The number of carbonyl (C=O) groups is 2. The number of aryl methyl sites for hydroxylation is 1. The largest absolute Gasteiger partial charge is 0.502 e. The monoisotopic (exact) mass is 353 g/mol. The summed E-state index contributed by atoms with van der Waals surface area (Å²) in [5.41, 5.74) is 2.75. The predicted octanol–water partition coefficient (Wildman–Crippen LogP) is 2.27. The summed E-state index contributed by atoms with van der Waals surface area (Å²) < 4.78 is 14.4. The zero-order chi connectivity index (χ0) is 18.3. The minimum Gasteiger partial charge on any atom is -0.326 e. The van der Waals surface area contributed by atoms with Gasteiger partial charge in [-0.05, 0) is 42.0 Å². The van der Waals surface area contributed by atoms with Gasteiger partial charge in [-0.2, -0.15) is 0 Å². The Morgan fingerprint density at radius 1 is 1.12 bits per heavy atom. The highest BCUT2D eigenvalue weighted by Gasteiger charge is 2.49. The molecule has 26 heavy (non-hydrogen) atoms. The molecule has 1 saturated heterocycles. The van der Waals surface area contributed by atoms with Gasteiger partial charge in [-0.1, -0.05) is 23.8 Å². The summed E-state index contributed by atoms with van der Waals surface area (Å²) in [6.45, 7) is 3.16. The van der Waals surface area contributed by atoms with Gasteiger partial charge in [0.2, 0.25) is 6.54 Å². The van der Waals surface area contributed by atoms with Gasteiger partial charge >= 0.3 is 11.8 Å². The van der Waals surface area contributed by atoms with Gasteiger partial charge in [0.15, 0.2) is 0 Å². The van der Waals surface area contributed by atoms with E-state index in [9.17, 15) is 14.0 Å². The second-order valence-electron chi connectivity index (χ2n) is 6.48. The van der Waals surface area contributed by atoms with Crippen LogP contribution in [-0.4, -0.2) is 40.8 Å². The lowest BCUT2D eigenvalue weighted by Gasteiger charge is -2.27. The molecule has 1 atom stereocenters.